The van der Waals surface area contributed by atoms with E-state index in [0.717, 1.165) is 12.1 Å². The SMILES string of the molecule is CCC[C@]1(C(=O)O)CCN(C(=O)c2cc(=O)[nH]c3cc(F)ccc23)C[C@@H]1O. The van der Waals surface area contributed by atoms with E-state index in [0.29, 0.717) is 18.2 Å². The van der Waals surface area contributed by atoms with Gasteiger partial charge in [0.25, 0.3) is 5.91 Å². The summed E-state index contributed by atoms with van der Waals surface area (Å²) in [4.78, 5) is 40.4. The van der Waals surface area contributed by atoms with E-state index >= 15 is 0 Å². The van der Waals surface area contributed by atoms with Crippen molar-refractivity contribution in [2.75, 3.05) is 13.1 Å². The van der Waals surface area contributed by atoms with Crippen molar-refractivity contribution >= 4 is 22.8 Å². The van der Waals surface area contributed by atoms with E-state index in [1.54, 1.807) is 0 Å². The van der Waals surface area contributed by atoms with Gasteiger partial charge in [-0.1, -0.05) is 13.3 Å². The van der Waals surface area contributed by atoms with Gasteiger partial charge in [0.1, 0.15) is 5.82 Å². The maximum absolute atomic E-state index is 13.4. The van der Waals surface area contributed by atoms with Crippen LogP contribution in [0, 0.1) is 11.2 Å². The number of H-pyrrole nitrogens is 1. The number of hydrogen-bond donors (Lipinski definition) is 3. The van der Waals surface area contributed by atoms with E-state index in [1.165, 1.54) is 17.0 Å². The Hall–Kier alpha value is -2.74. The van der Waals surface area contributed by atoms with Crippen molar-refractivity contribution in [2.45, 2.75) is 32.3 Å². The fourth-order valence-electron chi connectivity index (χ4n) is 3.83. The van der Waals surface area contributed by atoms with Crippen LogP contribution in [0.15, 0.2) is 29.1 Å². The zero-order chi connectivity index (χ0) is 19.8. The zero-order valence-corrected chi connectivity index (χ0v) is 14.9. The highest BCUT2D eigenvalue weighted by Crippen LogP contribution is 2.37. The molecule has 1 saturated heterocycles. The predicted octanol–water partition coefficient (Wildman–Crippen LogP) is 1.75. The van der Waals surface area contributed by atoms with Gasteiger partial charge < -0.3 is 20.1 Å². The minimum Gasteiger partial charge on any atom is -0.481 e. The number of carbonyl (C=O) groups excluding carboxylic acids is 1. The van der Waals surface area contributed by atoms with E-state index in [4.69, 9.17) is 0 Å². The summed E-state index contributed by atoms with van der Waals surface area (Å²) in [6, 6.07) is 4.88. The lowest BCUT2D eigenvalue weighted by Gasteiger charge is -2.42. The number of hydrogen-bond acceptors (Lipinski definition) is 4. The number of β-amino-alcohol motifs (C(OH)–C–C–N with tert-alkyl or cyclic N) is 1. The molecule has 1 aromatic heterocycles. The summed E-state index contributed by atoms with van der Waals surface area (Å²) >= 11 is 0. The van der Waals surface area contributed by atoms with Crippen molar-refractivity contribution < 1.29 is 24.2 Å². The van der Waals surface area contributed by atoms with Gasteiger partial charge in [-0.3, -0.25) is 14.4 Å². The van der Waals surface area contributed by atoms with Gasteiger partial charge in [0, 0.05) is 24.5 Å². The van der Waals surface area contributed by atoms with Crippen LogP contribution < -0.4 is 5.56 Å². The summed E-state index contributed by atoms with van der Waals surface area (Å²) in [5.74, 6) is -2.10. The molecule has 2 heterocycles. The number of aromatic amines is 1. The first-order chi connectivity index (χ1) is 12.8. The minimum atomic E-state index is -1.27. The number of fused-ring (bicyclic) bond motifs is 1. The summed E-state index contributed by atoms with van der Waals surface area (Å²) in [7, 11) is 0. The van der Waals surface area contributed by atoms with Crippen molar-refractivity contribution in [1.29, 1.82) is 0 Å². The van der Waals surface area contributed by atoms with Crippen LogP contribution in [0.2, 0.25) is 0 Å². The molecule has 0 saturated carbocycles. The third kappa shape index (κ3) is 3.32. The monoisotopic (exact) mass is 376 g/mol. The molecule has 0 radical (unpaired) electrons. The number of nitrogens with zero attached hydrogens (tertiary/aromatic N) is 1. The number of nitrogens with one attached hydrogen (secondary N) is 1. The number of aliphatic carboxylic acids is 1. The molecule has 8 heteroatoms. The third-order valence-electron chi connectivity index (χ3n) is 5.30. The van der Waals surface area contributed by atoms with E-state index in [9.17, 15) is 29.0 Å². The van der Waals surface area contributed by atoms with Crippen LogP contribution in [0.3, 0.4) is 0 Å². The molecule has 0 spiro atoms. The number of piperidine rings is 1. The number of pyridine rings is 1. The van der Waals surface area contributed by atoms with Crippen LogP contribution >= 0.6 is 0 Å². The van der Waals surface area contributed by atoms with Crippen LogP contribution in [0.1, 0.15) is 36.5 Å². The molecule has 2 aromatic rings. The fraction of sp³-hybridized carbons (Fsp3) is 0.421. The van der Waals surface area contributed by atoms with Crippen LogP contribution in [-0.4, -0.2) is 51.2 Å². The topological polar surface area (TPSA) is 111 Å². The Balaban J connectivity index is 1.93. The molecule has 0 unspecified atom stereocenters. The molecule has 1 amide bonds. The number of likely N-dealkylation sites (tertiary alicyclic amines) is 1. The number of carboxylic acids is 1. The number of carbonyl (C=O) groups is 2. The van der Waals surface area contributed by atoms with Crippen LogP contribution in [0.5, 0.6) is 0 Å². The number of halogens is 1. The van der Waals surface area contributed by atoms with Gasteiger partial charge in [-0.15, -0.1) is 0 Å². The van der Waals surface area contributed by atoms with Crippen molar-refractivity contribution in [1.82, 2.24) is 9.88 Å². The highest BCUT2D eigenvalue weighted by Gasteiger charge is 2.48. The van der Waals surface area contributed by atoms with E-state index < -0.39 is 34.8 Å². The van der Waals surface area contributed by atoms with Gasteiger partial charge in [0.15, 0.2) is 0 Å². The molecule has 7 nitrogen and oxygen atoms in total. The maximum atomic E-state index is 13.4. The highest BCUT2D eigenvalue weighted by molar-refractivity contribution is 6.06. The fourth-order valence-corrected chi connectivity index (χ4v) is 3.83. The summed E-state index contributed by atoms with van der Waals surface area (Å²) < 4.78 is 13.4. The van der Waals surface area contributed by atoms with E-state index in [-0.39, 0.29) is 30.6 Å². The van der Waals surface area contributed by atoms with Gasteiger partial charge in [0.2, 0.25) is 5.56 Å². The van der Waals surface area contributed by atoms with E-state index in [1.807, 2.05) is 6.92 Å². The number of aromatic nitrogens is 1. The van der Waals surface area contributed by atoms with Crippen molar-refractivity contribution in [2.24, 2.45) is 5.41 Å². The summed E-state index contributed by atoms with van der Waals surface area (Å²) in [5.41, 5.74) is -1.52. The number of aliphatic hydroxyl groups is 1. The molecule has 2 atom stereocenters. The summed E-state index contributed by atoms with van der Waals surface area (Å²) in [6.07, 6.45) is -0.169. The molecule has 0 bridgehead atoms. The first kappa shape index (κ1) is 19.0. The lowest BCUT2D eigenvalue weighted by molar-refractivity contribution is -0.162. The number of carboxylic acid groups (broad SMARTS) is 1. The average molecular weight is 376 g/mol. The van der Waals surface area contributed by atoms with E-state index in [2.05, 4.69) is 4.98 Å². The molecular formula is C19H21FN2O5. The Kier molecular flexibility index (Phi) is 5.01. The van der Waals surface area contributed by atoms with Gasteiger partial charge in [0.05, 0.1) is 22.6 Å². The van der Waals surface area contributed by atoms with Crippen molar-refractivity contribution in [3.63, 3.8) is 0 Å². The van der Waals surface area contributed by atoms with Crippen LogP contribution in [0.4, 0.5) is 4.39 Å². The second kappa shape index (κ2) is 7.11. The maximum Gasteiger partial charge on any atom is 0.312 e. The second-order valence-corrected chi connectivity index (χ2v) is 6.97. The molecule has 0 aliphatic carbocycles. The average Bonchev–Trinajstić information content (AvgIpc) is 2.61. The molecule has 1 aliphatic heterocycles. The predicted molar refractivity (Wildman–Crippen MR) is 96.0 cm³/mol. The Morgan fingerprint density at radius 2 is 2.11 bits per heavy atom. The minimum absolute atomic E-state index is 0.0965. The van der Waals surface area contributed by atoms with Gasteiger partial charge in [-0.25, -0.2) is 4.39 Å². The molecule has 27 heavy (non-hydrogen) atoms. The van der Waals surface area contributed by atoms with Crippen molar-refractivity contribution in [3.05, 3.63) is 46.0 Å². The number of amides is 1. The smallest absolute Gasteiger partial charge is 0.312 e. The molecule has 1 fully saturated rings. The Labute approximate surface area is 154 Å². The number of rotatable bonds is 4. The molecule has 1 aromatic carbocycles. The first-order valence-corrected chi connectivity index (χ1v) is 8.82. The molecule has 144 valence electrons. The van der Waals surface area contributed by atoms with Crippen molar-refractivity contribution in [3.8, 4) is 0 Å². The lowest BCUT2D eigenvalue weighted by Crippen LogP contribution is -2.56. The highest BCUT2D eigenvalue weighted by atomic mass is 19.1. The Bertz CT molecular complexity index is 957. The van der Waals surface area contributed by atoms with Gasteiger partial charge in [-0.2, -0.15) is 0 Å². The quantitative estimate of drug-likeness (QED) is 0.753. The lowest BCUT2D eigenvalue weighted by atomic mass is 9.72. The number of benzene rings is 1. The largest absolute Gasteiger partial charge is 0.481 e. The van der Waals surface area contributed by atoms with Gasteiger partial charge in [-0.05, 0) is 31.0 Å². The molecular weight excluding hydrogens is 355 g/mol. The van der Waals surface area contributed by atoms with Crippen LogP contribution in [-0.2, 0) is 4.79 Å². The third-order valence-corrected chi connectivity index (χ3v) is 5.30. The Morgan fingerprint density at radius 3 is 2.74 bits per heavy atom. The number of aliphatic hydroxyl groups excluding tert-OH is 1. The zero-order valence-electron chi connectivity index (χ0n) is 14.9. The Morgan fingerprint density at radius 1 is 1.37 bits per heavy atom. The molecule has 1 aliphatic rings. The first-order valence-electron chi connectivity index (χ1n) is 8.82. The summed E-state index contributed by atoms with van der Waals surface area (Å²) in [5, 5.41) is 20.5. The summed E-state index contributed by atoms with van der Waals surface area (Å²) in [6.45, 7) is 1.86. The standard InChI is InChI=1S/C19H21FN2O5/c1-2-5-19(18(26)27)6-7-22(10-15(19)23)17(25)13-9-16(24)21-14-8-11(20)3-4-12(13)14/h3-4,8-9,15,23H,2,5-7,10H2,1H3,(H,21,24)(H,26,27)/t15-,19-/m0/s1. The normalized spacial score (nSPS) is 22.8. The molecule has 3 N–H and O–H groups in total. The van der Waals surface area contributed by atoms with Gasteiger partial charge >= 0.3 is 5.97 Å². The molecule has 3 rings (SSSR count). The second-order valence-electron chi connectivity index (χ2n) is 6.97. The van der Waals surface area contributed by atoms with Crippen LogP contribution in [0.25, 0.3) is 10.9 Å².